The smallest absolute Gasteiger partial charge is 0.214 e. The molecule has 9 nitrogen and oxygen atoms in total. The average Bonchev–Trinajstić information content (AvgIpc) is 3.16. The molecule has 1 aromatic heterocycles. The number of carbonyl (C=O) groups excluding carboxylic acids is 2. The minimum absolute atomic E-state index is 0.0195. The normalized spacial score (nSPS) is 10.7. The van der Waals surface area contributed by atoms with Gasteiger partial charge in [-0.05, 0) is 52.9 Å². The van der Waals surface area contributed by atoms with Gasteiger partial charge in [0.15, 0.2) is 23.1 Å². The highest BCUT2D eigenvalue weighted by atomic mass is 32.2. The number of aliphatic hydroxyl groups is 1. The van der Waals surface area contributed by atoms with Gasteiger partial charge >= 0.3 is 0 Å². The van der Waals surface area contributed by atoms with Crippen LogP contribution in [0.1, 0.15) is 20.7 Å². The van der Waals surface area contributed by atoms with Gasteiger partial charge in [0.1, 0.15) is 6.61 Å². The largest absolute Gasteiger partial charge is 0.504 e. The van der Waals surface area contributed by atoms with Crippen LogP contribution in [-0.4, -0.2) is 59.5 Å². The van der Waals surface area contributed by atoms with Gasteiger partial charge in [0.25, 0.3) is 0 Å². The molecule has 0 bridgehead atoms. The number of aromatic hydroxyl groups is 2. The first kappa shape index (κ1) is 18.5. The summed E-state index contributed by atoms with van der Waals surface area (Å²) in [5.41, 5.74) is 1.21. The van der Waals surface area contributed by atoms with Gasteiger partial charge < -0.3 is 15.3 Å². The van der Waals surface area contributed by atoms with Crippen molar-refractivity contribution in [2.24, 2.45) is 0 Å². The zero-order valence-corrected chi connectivity index (χ0v) is 14.6. The number of aromatic nitrogens is 4. The van der Waals surface area contributed by atoms with E-state index in [9.17, 15) is 19.8 Å². The van der Waals surface area contributed by atoms with E-state index in [4.69, 9.17) is 5.11 Å². The Kier molecular flexibility index (Phi) is 5.48. The molecule has 2 aromatic carbocycles. The van der Waals surface area contributed by atoms with Gasteiger partial charge in [-0.1, -0.05) is 11.8 Å². The summed E-state index contributed by atoms with van der Waals surface area (Å²) in [5.74, 6) is -1.31. The van der Waals surface area contributed by atoms with Gasteiger partial charge in [-0.15, -0.1) is 5.10 Å². The summed E-state index contributed by atoms with van der Waals surface area (Å²) in [6, 6.07) is 10.2. The molecule has 3 aromatic rings. The third-order valence-corrected chi connectivity index (χ3v) is 4.57. The van der Waals surface area contributed by atoms with Crippen molar-refractivity contribution in [3.63, 3.8) is 0 Å². The first-order valence-electron chi connectivity index (χ1n) is 7.70. The van der Waals surface area contributed by atoms with Gasteiger partial charge in [-0.25, -0.2) is 0 Å². The second-order valence-electron chi connectivity index (χ2n) is 5.42. The number of phenolic OH excluding ortho intramolecular Hbond substituents is 2. The van der Waals surface area contributed by atoms with Gasteiger partial charge in [0.05, 0.1) is 11.4 Å². The number of aliphatic hydroxyl groups excluding tert-OH is 1. The summed E-state index contributed by atoms with van der Waals surface area (Å²) in [7, 11) is 0. The number of ketones is 2. The van der Waals surface area contributed by atoms with E-state index in [0.29, 0.717) is 16.4 Å². The van der Waals surface area contributed by atoms with Gasteiger partial charge in [-0.2, -0.15) is 4.68 Å². The SMILES string of the molecule is O=C(CO)c1ccc(-n2nnnc2SCC(=O)c2ccc(O)c(O)c2)cc1. The average molecular weight is 386 g/mol. The lowest BCUT2D eigenvalue weighted by Gasteiger charge is -2.06. The van der Waals surface area contributed by atoms with E-state index < -0.39 is 12.4 Å². The van der Waals surface area contributed by atoms with Crippen molar-refractivity contribution in [2.45, 2.75) is 5.16 Å². The number of nitrogens with zero attached hydrogens (tertiary/aromatic N) is 4. The lowest BCUT2D eigenvalue weighted by molar-refractivity contribution is 0.0903. The third-order valence-electron chi connectivity index (χ3n) is 3.65. The van der Waals surface area contributed by atoms with E-state index in [1.54, 1.807) is 24.3 Å². The minimum Gasteiger partial charge on any atom is -0.504 e. The van der Waals surface area contributed by atoms with Gasteiger partial charge in [0.2, 0.25) is 5.16 Å². The summed E-state index contributed by atoms with van der Waals surface area (Å²) in [4.78, 5) is 23.7. The molecular formula is C17H14N4O5S. The molecular weight excluding hydrogens is 372 g/mol. The van der Waals surface area contributed by atoms with Crippen LogP contribution < -0.4 is 0 Å². The Morgan fingerprint density at radius 3 is 2.33 bits per heavy atom. The van der Waals surface area contributed by atoms with Crippen LogP contribution in [-0.2, 0) is 0 Å². The number of phenols is 2. The molecule has 0 atom stereocenters. The van der Waals surface area contributed by atoms with E-state index in [-0.39, 0.29) is 28.6 Å². The summed E-state index contributed by atoms with van der Waals surface area (Å²) in [6.07, 6.45) is 0. The fourth-order valence-electron chi connectivity index (χ4n) is 2.22. The molecule has 0 aliphatic rings. The summed E-state index contributed by atoms with van der Waals surface area (Å²) >= 11 is 1.10. The maximum absolute atomic E-state index is 12.3. The number of rotatable bonds is 7. The fraction of sp³-hybridized carbons (Fsp3) is 0.118. The second-order valence-corrected chi connectivity index (χ2v) is 6.36. The van der Waals surface area contributed by atoms with Crippen molar-refractivity contribution in [3.8, 4) is 17.2 Å². The fourth-order valence-corrected chi connectivity index (χ4v) is 3.01. The van der Waals surface area contributed by atoms with Crippen molar-refractivity contribution >= 4 is 23.3 Å². The molecule has 0 saturated carbocycles. The Balaban J connectivity index is 1.72. The summed E-state index contributed by atoms with van der Waals surface area (Å²) in [5, 5.41) is 39.4. The minimum atomic E-state index is -0.569. The molecule has 0 saturated heterocycles. The molecule has 0 aliphatic heterocycles. The maximum Gasteiger partial charge on any atom is 0.214 e. The van der Waals surface area contributed by atoms with Crippen molar-refractivity contribution in [3.05, 3.63) is 53.6 Å². The predicted molar refractivity (Wildman–Crippen MR) is 95.4 cm³/mol. The molecule has 0 aliphatic carbocycles. The number of hydrogen-bond acceptors (Lipinski definition) is 9. The molecule has 27 heavy (non-hydrogen) atoms. The number of hydrogen-bond donors (Lipinski definition) is 3. The first-order valence-corrected chi connectivity index (χ1v) is 8.69. The van der Waals surface area contributed by atoms with Crippen LogP contribution in [0, 0.1) is 0 Å². The number of thioether (sulfide) groups is 1. The van der Waals surface area contributed by atoms with E-state index in [1.807, 2.05) is 0 Å². The Morgan fingerprint density at radius 1 is 0.963 bits per heavy atom. The van der Waals surface area contributed by atoms with Gasteiger partial charge in [0, 0.05) is 11.1 Å². The highest BCUT2D eigenvalue weighted by Gasteiger charge is 2.14. The van der Waals surface area contributed by atoms with Crippen molar-refractivity contribution in [1.82, 2.24) is 20.2 Å². The highest BCUT2D eigenvalue weighted by Crippen LogP contribution is 2.26. The van der Waals surface area contributed by atoms with E-state index in [1.165, 1.54) is 22.9 Å². The zero-order chi connectivity index (χ0) is 19.4. The quantitative estimate of drug-likeness (QED) is 0.311. The standard InChI is InChI=1S/C17H14N4O5S/c22-8-15(25)10-1-4-12(5-2-10)21-17(18-19-20-21)27-9-16(26)11-3-6-13(23)14(24)7-11/h1-7,22-24H,8-9H2. The van der Waals surface area contributed by atoms with Crippen molar-refractivity contribution in [1.29, 1.82) is 0 Å². The van der Waals surface area contributed by atoms with Crippen LogP contribution in [0.5, 0.6) is 11.5 Å². The maximum atomic E-state index is 12.3. The zero-order valence-electron chi connectivity index (χ0n) is 13.8. The van der Waals surface area contributed by atoms with Crippen molar-refractivity contribution < 1.29 is 24.9 Å². The molecule has 10 heteroatoms. The topological polar surface area (TPSA) is 138 Å². The van der Waals surface area contributed by atoms with Gasteiger partial charge in [-0.3, -0.25) is 9.59 Å². The van der Waals surface area contributed by atoms with E-state index >= 15 is 0 Å². The Bertz CT molecular complexity index is 987. The molecule has 0 fully saturated rings. The Morgan fingerprint density at radius 2 is 1.67 bits per heavy atom. The first-order chi connectivity index (χ1) is 13.0. The highest BCUT2D eigenvalue weighted by molar-refractivity contribution is 7.99. The third kappa shape index (κ3) is 4.13. The molecule has 3 rings (SSSR count). The predicted octanol–water partition coefficient (Wildman–Crippen LogP) is 1.22. The molecule has 0 unspecified atom stereocenters. The van der Waals surface area contributed by atoms with Crippen molar-refractivity contribution in [2.75, 3.05) is 12.4 Å². The number of benzene rings is 2. The monoisotopic (exact) mass is 386 g/mol. The second kappa shape index (κ2) is 7.98. The molecule has 1 heterocycles. The lowest BCUT2D eigenvalue weighted by Crippen LogP contribution is -2.06. The number of Topliss-reactive ketones (excluding diaryl/α,β-unsaturated/α-hetero) is 2. The number of tetrazole rings is 1. The molecule has 0 spiro atoms. The molecule has 0 amide bonds. The van der Waals surface area contributed by atoms with E-state index in [2.05, 4.69) is 15.5 Å². The molecule has 3 N–H and O–H groups in total. The Hall–Kier alpha value is -3.24. The van der Waals surface area contributed by atoms with Crippen LogP contribution in [0.25, 0.3) is 5.69 Å². The number of carbonyl (C=O) groups is 2. The molecule has 138 valence electrons. The van der Waals surface area contributed by atoms with E-state index in [0.717, 1.165) is 11.8 Å². The molecule has 0 radical (unpaired) electrons. The van der Waals surface area contributed by atoms with Crippen LogP contribution in [0.2, 0.25) is 0 Å². The Labute approximate surface area is 157 Å². The van der Waals surface area contributed by atoms with Crippen LogP contribution in [0.4, 0.5) is 0 Å². The van der Waals surface area contributed by atoms with Crippen LogP contribution in [0.15, 0.2) is 47.6 Å². The summed E-state index contributed by atoms with van der Waals surface area (Å²) in [6.45, 7) is -0.569. The van der Waals surface area contributed by atoms with Crippen LogP contribution >= 0.6 is 11.8 Å². The lowest BCUT2D eigenvalue weighted by atomic mass is 10.1. The van der Waals surface area contributed by atoms with Crippen LogP contribution in [0.3, 0.4) is 0 Å². The summed E-state index contributed by atoms with van der Waals surface area (Å²) < 4.78 is 1.42.